The standard InChI is InChI=1S/C25H34N2O3/c28-25(29)21-9-5-14-27(18-21)15-17-30-16-12-20-7-3-6-19-8-4-13-26-23-11-2-1-10-22(23)24(19)20/h1-3,6,8,10-11,20-21,23,26H,4-5,7,9,12-18H2,(H,28,29)/t20?,21?,23-/m1/s1. The van der Waals surface area contributed by atoms with Crippen LogP contribution in [0.25, 0.3) is 0 Å². The van der Waals surface area contributed by atoms with Gasteiger partial charge in [0.25, 0.3) is 0 Å². The van der Waals surface area contributed by atoms with Crippen LogP contribution < -0.4 is 5.32 Å². The Bertz CT molecular complexity index is 777. The molecule has 4 rings (SSSR count). The maximum atomic E-state index is 11.2. The number of allylic oxidation sites excluding steroid dienone is 6. The number of piperidine rings is 1. The van der Waals surface area contributed by atoms with Gasteiger partial charge in [0.05, 0.1) is 18.6 Å². The number of hydrogen-bond donors (Lipinski definition) is 2. The molecule has 0 aromatic carbocycles. The second-order valence-electron chi connectivity index (χ2n) is 8.71. The molecule has 2 heterocycles. The Labute approximate surface area is 179 Å². The van der Waals surface area contributed by atoms with Crippen molar-refractivity contribution in [2.45, 2.75) is 38.1 Å². The highest BCUT2D eigenvalue weighted by Gasteiger charge is 2.27. The summed E-state index contributed by atoms with van der Waals surface area (Å²) in [5, 5.41) is 12.9. The number of rotatable bonds is 7. The normalized spacial score (nSPS) is 29.1. The van der Waals surface area contributed by atoms with Gasteiger partial charge in [-0.25, -0.2) is 0 Å². The van der Waals surface area contributed by atoms with Gasteiger partial charge in [-0.2, -0.15) is 0 Å². The summed E-state index contributed by atoms with van der Waals surface area (Å²) < 4.78 is 6.00. The number of likely N-dealkylation sites (tertiary alicyclic amines) is 1. The van der Waals surface area contributed by atoms with E-state index in [1.807, 2.05) is 0 Å². The minimum absolute atomic E-state index is 0.218. The molecule has 2 aliphatic heterocycles. The van der Waals surface area contributed by atoms with Gasteiger partial charge in [-0.15, -0.1) is 0 Å². The summed E-state index contributed by atoms with van der Waals surface area (Å²) in [4.78, 5) is 13.5. The molecule has 3 atom stereocenters. The SMILES string of the molecule is O=C(O)C1CCCN(CCOCCC2CC=CC3=CCCN[C@@H]4C=CC=CC4=C32)C1. The molecule has 2 N–H and O–H groups in total. The molecule has 4 aliphatic rings. The first-order chi connectivity index (χ1) is 14.7. The van der Waals surface area contributed by atoms with Crippen molar-refractivity contribution in [1.82, 2.24) is 10.2 Å². The van der Waals surface area contributed by atoms with Crippen molar-refractivity contribution in [3.8, 4) is 0 Å². The molecule has 2 unspecified atom stereocenters. The predicted molar refractivity (Wildman–Crippen MR) is 119 cm³/mol. The van der Waals surface area contributed by atoms with E-state index in [1.54, 1.807) is 0 Å². The van der Waals surface area contributed by atoms with Crippen LogP contribution in [0.2, 0.25) is 0 Å². The summed E-state index contributed by atoms with van der Waals surface area (Å²) in [6, 6.07) is 0.310. The van der Waals surface area contributed by atoms with Crippen molar-refractivity contribution in [2.24, 2.45) is 11.8 Å². The number of carbonyl (C=O) groups is 1. The summed E-state index contributed by atoms with van der Waals surface area (Å²) in [7, 11) is 0. The zero-order chi connectivity index (χ0) is 20.8. The van der Waals surface area contributed by atoms with Crippen LogP contribution in [0.3, 0.4) is 0 Å². The lowest BCUT2D eigenvalue weighted by Gasteiger charge is -2.32. The van der Waals surface area contributed by atoms with Gasteiger partial charge >= 0.3 is 5.97 Å². The molecule has 2 aliphatic carbocycles. The maximum absolute atomic E-state index is 11.2. The van der Waals surface area contributed by atoms with Crippen molar-refractivity contribution in [2.75, 3.05) is 39.4 Å². The Morgan fingerprint density at radius 2 is 2.20 bits per heavy atom. The third-order valence-electron chi connectivity index (χ3n) is 6.66. The van der Waals surface area contributed by atoms with Crippen LogP contribution in [-0.2, 0) is 9.53 Å². The van der Waals surface area contributed by atoms with E-state index < -0.39 is 5.97 Å². The van der Waals surface area contributed by atoms with Crippen LogP contribution in [0.4, 0.5) is 0 Å². The second-order valence-corrected chi connectivity index (χ2v) is 8.71. The fraction of sp³-hybridized carbons (Fsp3) is 0.560. The number of ether oxygens (including phenoxy) is 1. The van der Waals surface area contributed by atoms with Gasteiger partial charge in [-0.05, 0) is 67.8 Å². The fourth-order valence-corrected chi connectivity index (χ4v) is 5.07. The van der Waals surface area contributed by atoms with Crippen molar-refractivity contribution in [3.05, 3.63) is 59.3 Å². The Morgan fingerprint density at radius 3 is 3.10 bits per heavy atom. The highest BCUT2D eigenvalue weighted by Crippen LogP contribution is 2.37. The average molecular weight is 411 g/mol. The highest BCUT2D eigenvalue weighted by atomic mass is 16.5. The Hall–Kier alpha value is -1.95. The Balaban J connectivity index is 1.31. The number of hydrogen-bond acceptors (Lipinski definition) is 4. The average Bonchev–Trinajstić information content (AvgIpc) is 2.75. The molecule has 30 heavy (non-hydrogen) atoms. The lowest BCUT2D eigenvalue weighted by molar-refractivity contribution is -0.143. The molecule has 0 aromatic rings. The van der Waals surface area contributed by atoms with Crippen LogP contribution in [0.15, 0.2) is 59.3 Å². The van der Waals surface area contributed by atoms with Crippen molar-refractivity contribution in [1.29, 1.82) is 0 Å². The molecule has 5 nitrogen and oxygen atoms in total. The van der Waals surface area contributed by atoms with E-state index in [-0.39, 0.29) is 5.92 Å². The zero-order valence-electron chi connectivity index (χ0n) is 17.8. The van der Waals surface area contributed by atoms with Crippen LogP contribution in [0.1, 0.15) is 32.1 Å². The van der Waals surface area contributed by atoms with E-state index in [9.17, 15) is 9.90 Å². The van der Waals surface area contributed by atoms with Gasteiger partial charge in [0.1, 0.15) is 0 Å². The molecule has 0 amide bonds. The minimum atomic E-state index is -0.664. The number of carboxylic acids is 1. The topological polar surface area (TPSA) is 61.8 Å². The Morgan fingerprint density at radius 1 is 1.27 bits per heavy atom. The van der Waals surface area contributed by atoms with Gasteiger partial charge in [0.2, 0.25) is 0 Å². The van der Waals surface area contributed by atoms with Gasteiger partial charge < -0.3 is 20.1 Å². The van der Waals surface area contributed by atoms with E-state index in [0.717, 1.165) is 58.3 Å². The predicted octanol–water partition coefficient (Wildman–Crippen LogP) is 3.48. The van der Waals surface area contributed by atoms with E-state index in [2.05, 4.69) is 52.7 Å². The van der Waals surface area contributed by atoms with Crippen LogP contribution in [0, 0.1) is 11.8 Å². The fourth-order valence-electron chi connectivity index (χ4n) is 5.07. The van der Waals surface area contributed by atoms with Gasteiger partial charge in [-0.3, -0.25) is 4.79 Å². The van der Waals surface area contributed by atoms with E-state index >= 15 is 0 Å². The van der Waals surface area contributed by atoms with Crippen molar-refractivity contribution < 1.29 is 14.6 Å². The number of carboxylic acid groups (broad SMARTS) is 1. The van der Waals surface area contributed by atoms with Gasteiger partial charge in [0, 0.05) is 19.7 Å². The second kappa shape index (κ2) is 10.4. The lowest BCUT2D eigenvalue weighted by atomic mass is 9.77. The zero-order valence-corrected chi connectivity index (χ0v) is 17.8. The number of nitrogens with one attached hydrogen (secondary N) is 1. The highest BCUT2D eigenvalue weighted by molar-refractivity contribution is 5.70. The summed E-state index contributed by atoms with van der Waals surface area (Å²) in [6.07, 6.45) is 20.7. The van der Waals surface area contributed by atoms with Gasteiger partial charge in [-0.1, -0.05) is 42.5 Å². The van der Waals surface area contributed by atoms with Crippen molar-refractivity contribution >= 4 is 5.97 Å². The third kappa shape index (κ3) is 5.20. The van der Waals surface area contributed by atoms with E-state index in [4.69, 9.17) is 4.74 Å². The van der Waals surface area contributed by atoms with E-state index in [1.165, 1.54) is 16.7 Å². The molecule has 5 heteroatoms. The molecule has 0 spiro atoms. The van der Waals surface area contributed by atoms with Crippen LogP contribution in [-0.4, -0.2) is 61.4 Å². The number of nitrogens with zero attached hydrogens (tertiary/aromatic N) is 1. The first-order valence-corrected chi connectivity index (χ1v) is 11.4. The van der Waals surface area contributed by atoms with E-state index in [0.29, 0.717) is 25.1 Å². The smallest absolute Gasteiger partial charge is 0.307 e. The summed E-state index contributed by atoms with van der Waals surface area (Å²) in [5.41, 5.74) is 4.28. The quantitative estimate of drug-likeness (QED) is 0.629. The molecule has 0 saturated carbocycles. The van der Waals surface area contributed by atoms with Gasteiger partial charge in [0.15, 0.2) is 0 Å². The molecule has 162 valence electrons. The van der Waals surface area contributed by atoms with Crippen LogP contribution >= 0.6 is 0 Å². The van der Waals surface area contributed by atoms with Crippen molar-refractivity contribution in [3.63, 3.8) is 0 Å². The largest absolute Gasteiger partial charge is 0.481 e. The number of fused-ring (bicyclic) bond motifs is 2. The molecule has 0 bridgehead atoms. The summed E-state index contributed by atoms with van der Waals surface area (Å²) in [5.74, 6) is -0.394. The molecule has 0 aromatic heterocycles. The molecule has 1 fully saturated rings. The molecular weight excluding hydrogens is 376 g/mol. The lowest BCUT2D eigenvalue weighted by Crippen LogP contribution is -2.40. The van der Waals surface area contributed by atoms with Crippen LogP contribution in [0.5, 0.6) is 0 Å². The first kappa shape index (κ1) is 21.3. The summed E-state index contributed by atoms with van der Waals surface area (Å²) >= 11 is 0. The summed E-state index contributed by atoms with van der Waals surface area (Å²) in [6.45, 7) is 4.90. The molecule has 0 radical (unpaired) electrons. The monoisotopic (exact) mass is 410 g/mol. The third-order valence-corrected chi connectivity index (χ3v) is 6.66. The first-order valence-electron chi connectivity index (χ1n) is 11.4. The minimum Gasteiger partial charge on any atom is -0.481 e. The molecular formula is C25H34N2O3. The Kier molecular flexibility index (Phi) is 7.37. The molecule has 1 saturated heterocycles. The number of aliphatic carboxylic acids is 1. The maximum Gasteiger partial charge on any atom is 0.307 e.